The predicted octanol–water partition coefficient (Wildman–Crippen LogP) is 4.69. The largest absolute Gasteiger partial charge is 0.478 e. The van der Waals surface area contributed by atoms with E-state index < -0.39 is 5.82 Å². The van der Waals surface area contributed by atoms with Gasteiger partial charge in [-0.25, -0.2) is 9.37 Å². The molecule has 0 fully saturated rings. The Kier molecular flexibility index (Phi) is 6.41. The zero-order valence-corrected chi connectivity index (χ0v) is 16.5. The second kappa shape index (κ2) is 9.35. The Morgan fingerprint density at radius 2 is 1.70 bits per heavy atom. The van der Waals surface area contributed by atoms with Crippen molar-refractivity contribution in [3.8, 4) is 17.9 Å². The molecule has 0 unspecified atom stereocenters. The number of rotatable bonds is 7. The smallest absolute Gasteiger partial charge is 0.229 e. The summed E-state index contributed by atoms with van der Waals surface area (Å²) in [6.45, 7) is 3.66. The fourth-order valence-electron chi connectivity index (χ4n) is 2.93. The minimum Gasteiger partial charge on any atom is -0.478 e. The maximum absolute atomic E-state index is 14.3. The molecule has 0 aliphatic carbocycles. The summed E-state index contributed by atoms with van der Waals surface area (Å²) in [7, 11) is 0. The van der Waals surface area contributed by atoms with E-state index in [4.69, 9.17) is 15.3 Å². The van der Waals surface area contributed by atoms with Crippen LogP contribution in [0.5, 0.6) is 5.75 Å². The number of anilines is 4. The van der Waals surface area contributed by atoms with Crippen molar-refractivity contribution in [1.82, 2.24) is 9.97 Å². The van der Waals surface area contributed by atoms with Gasteiger partial charge in [-0.05, 0) is 54.8 Å². The molecule has 2 aromatic carbocycles. The normalized spacial score (nSPS) is 10.0. The van der Waals surface area contributed by atoms with Crippen LogP contribution in [0, 0.1) is 42.3 Å². The minimum absolute atomic E-state index is 0.0260. The van der Waals surface area contributed by atoms with Gasteiger partial charge in [0.05, 0.1) is 18.7 Å². The lowest BCUT2D eigenvalue weighted by atomic mass is 10.1. The van der Waals surface area contributed by atoms with E-state index >= 15 is 0 Å². The van der Waals surface area contributed by atoms with Crippen molar-refractivity contribution >= 4 is 23.1 Å². The molecule has 2 N–H and O–H groups in total. The van der Waals surface area contributed by atoms with Crippen LogP contribution in [0.15, 0.2) is 42.6 Å². The third-order valence-corrected chi connectivity index (χ3v) is 4.24. The molecule has 0 atom stereocenters. The standard InChI is InChI=1S/C22H19FN6O/c1-14-11-18(12-15(2)20(14)30-10-9-25)27-21-19(23)13-26-22(29-21)28-17-5-3-16(4-6-17)7-8-24/h3-6,11-13H,7,10H2,1-2H3,(H2,26,27,28,29). The molecule has 1 heterocycles. The zero-order chi connectivity index (χ0) is 21.5. The summed E-state index contributed by atoms with van der Waals surface area (Å²) < 4.78 is 19.7. The van der Waals surface area contributed by atoms with E-state index in [-0.39, 0.29) is 18.4 Å². The Labute approximate surface area is 173 Å². The van der Waals surface area contributed by atoms with Crippen molar-refractivity contribution in [2.24, 2.45) is 0 Å². The number of nitrogens with zero attached hydrogens (tertiary/aromatic N) is 4. The van der Waals surface area contributed by atoms with Gasteiger partial charge in [0.15, 0.2) is 18.2 Å². The Morgan fingerprint density at radius 1 is 1.00 bits per heavy atom. The summed E-state index contributed by atoms with van der Waals surface area (Å²) in [5.74, 6) is 0.296. The highest BCUT2D eigenvalue weighted by atomic mass is 19.1. The maximum Gasteiger partial charge on any atom is 0.229 e. The van der Waals surface area contributed by atoms with Gasteiger partial charge in [-0.1, -0.05) is 12.1 Å². The molecule has 3 rings (SSSR count). The molecular weight excluding hydrogens is 383 g/mol. The van der Waals surface area contributed by atoms with Gasteiger partial charge < -0.3 is 15.4 Å². The number of aryl methyl sites for hydroxylation is 2. The second-order valence-electron chi connectivity index (χ2n) is 6.56. The number of nitriles is 2. The van der Waals surface area contributed by atoms with Crippen LogP contribution in [-0.2, 0) is 6.42 Å². The lowest BCUT2D eigenvalue weighted by Gasteiger charge is -2.14. The first-order valence-electron chi connectivity index (χ1n) is 9.13. The van der Waals surface area contributed by atoms with Gasteiger partial charge in [-0.15, -0.1) is 0 Å². The third kappa shape index (κ3) is 5.00. The molecule has 0 saturated heterocycles. The predicted molar refractivity (Wildman–Crippen MR) is 111 cm³/mol. The summed E-state index contributed by atoms with van der Waals surface area (Å²) in [4.78, 5) is 8.20. The molecule has 150 valence electrons. The van der Waals surface area contributed by atoms with Crippen LogP contribution in [0.1, 0.15) is 16.7 Å². The van der Waals surface area contributed by atoms with Crippen molar-refractivity contribution < 1.29 is 9.13 Å². The van der Waals surface area contributed by atoms with Crippen molar-refractivity contribution in [3.63, 3.8) is 0 Å². The van der Waals surface area contributed by atoms with Crippen LogP contribution in [0.3, 0.4) is 0 Å². The monoisotopic (exact) mass is 402 g/mol. The minimum atomic E-state index is -0.593. The summed E-state index contributed by atoms with van der Waals surface area (Å²) >= 11 is 0. The Morgan fingerprint density at radius 3 is 2.33 bits per heavy atom. The van der Waals surface area contributed by atoms with Crippen molar-refractivity contribution in [3.05, 3.63) is 65.1 Å². The average molecular weight is 402 g/mol. The van der Waals surface area contributed by atoms with Crippen molar-refractivity contribution in [2.75, 3.05) is 17.2 Å². The maximum atomic E-state index is 14.3. The van der Waals surface area contributed by atoms with E-state index in [1.165, 1.54) is 0 Å². The Balaban J connectivity index is 1.79. The fraction of sp³-hybridized carbons (Fsp3) is 0.182. The lowest BCUT2D eigenvalue weighted by molar-refractivity contribution is 0.363. The molecule has 0 amide bonds. The number of hydrogen-bond donors (Lipinski definition) is 2. The van der Waals surface area contributed by atoms with Gasteiger partial charge in [0.2, 0.25) is 5.95 Å². The highest BCUT2D eigenvalue weighted by Crippen LogP contribution is 2.29. The average Bonchev–Trinajstić information content (AvgIpc) is 2.72. The van der Waals surface area contributed by atoms with Crippen LogP contribution >= 0.6 is 0 Å². The lowest BCUT2D eigenvalue weighted by Crippen LogP contribution is -2.04. The van der Waals surface area contributed by atoms with Crippen molar-refractivity contribution in [2.45, 2.75) is 20.3 Å². The van der Waals surface area contributed by atoms with E-state index in [2.05, 4.69) is 26.7 Å². The first-order valence-corrected chi connectivity index (χ1v) is 9.13. The van der Waals surface area contributed by atoms with E-state index in [1.54, 1.807) is 24.3 Å². The van der Waals surface area contributed by atoms with Gasteiger partial charge >= 0.3 is 0 Å². The molecule has 0 radical (unpaired) electrons. The highest BCUT2D eigenvalue weighted by molar-refractivity contribution is 5.63. The number of hydrogen-bond acceptors (Lipinski definition) is 7. The van der Waals surface area contributed by atoms with Crippen molar-refractivity contribution in [1.29, 1.82) is 10.5 Å². The van der Waals surface area contributed by atoms with Crippen LogP contribution in [0.4, 0.5) is 27.5 Å². The topological polar surface area (TPSA) is 107 Å². The third-order valence-electron chi connectivity index (χ3n) is 4.24. The molecule has 0 aliphatic rings. The number of ether oxygens (including phenoxy) is 1. The second-order valence-corrected chi connectivity index (χ2v) is 6.56. The number of aromatic nitrogens is 2. The Hall–Kier alpha value is -4.17. The van der Waals surface area contributed by atoms with Crippen LogP contribution in [0.25, 0.3) is 0 Å². The first kappa shape index (κ1) is 20.6. The number of benzene rings is 2. The Bertz CT molecular complexity index is 1110. The SMILES string of the molecule is Cc1cc(Nc2nc(Nc3ccc(CC#N)cc3)ncc2F)cc(C)c1OCC#N. The van der Waals surface area contributed by atoms with Gasteiger partial charge in [-0.2, -0.15) is 15.5 Å². The van der Waals surface area contributed by atoms with Gasteiger partial charge in [0.25, 0.3) is 0 Å². The summed E-state index contributed by atoms with van der Waals surface area (Å²) in [6.07, 6.45) is 1.42. The van der Waals surface area contributed by atoms with Crippen LogP contribution in [0.2, 0.25) is 0 Å². The first-order chi connectivity index (χ1) is 14.5. The molecule has 8 heteroatoms. The fourth-order valence-corrected chi connectivity index (χ4v) is 2.93. The molecular formula is C22H19FN6O. The van der Waals surface area contributed by atoms with Crippen LogP contribution in [-0.4, -0.2) is 16.6 Å². The van der Waals surface area contributed by atoms with Gasteiger partial charge in [0.1, 0.15) is 11.8 Å². The van der Waals surface area contributed by atoms with Gasteiger partial charge in [-0.3, -0.25) is 0 Å². The highest BCUT2D eigenvalue weighted by Gasteiger charge is 2.11. The molecule has 0 spiro atoms. The molecule has 0 bridgehead atoms. The molecule has 0 aliphatic heterocycles. The number of nitrogens with one attached hydrogen (secondary N) is 2. The molecule has 30 heavy (non-hydrogen) atoms. The van der Waals surface area contributed by atoms with Crippen LogP contribution < -0.4 is 15.4 Å². The van der Waals surface area contributed by atoms with E-state index in [0.29, 0.717) is 17.9 Å². The summed E-state index contributed by atoms with van der Waals surface area (Å²) in [5.41, 5.74) is 3.90. The molecule has 1 aromatic heterocycles. The summed E-state index contributed by atoms with van der Waals surface area (Å²) in [5, 5.41) is 23.4. The zero-order valence-electron chi connectivity index (χ0n) is 16.5. The van der Waals surface area contributed by atoms with E-state index in [1.807, 2.05) is 32.0 Å². The van der Waals surface area contributed by atoms with Gasteiger partial charge in [0, 0.05) is 11.4 Å². The summed E-state index contributed by atoms with van der Waals surface area (Å²) in [6, 6.07) is 14.9. The van der Waals surface area contributed by atoms with E-state index in [9.17, 15) is 4.39 Å². The van der Waals surface area contributed by atoms with E-state index in [0.717, 1.165) is 28.6 Å². The number of halogens is 1. The molecule has 7 nitrogen and oxygen atoms in total. The molecule has 3 aromatic rings. The quantitative estimate of drug-likeness (QED) is 0.590. The molecule has 0 saturated carbocycles.